The molecular weight excluding hydrogens is 270 g/mol. The summed E-state index contributed by atoms with van der Waals surface area (Å²) in [6, 6.07) is 7.17. The number of carbonyl (C=O) groups is 1. The largest absolute Gasteiger partial charge is 0.494 e. The van der Waals surface area contributed by atoms with Crippen LogP contribution in [0.5, 0.6) is 11.5 Å². The summed E-state index contributed by atoms with van der Waals surface area (Å²) >= 11 is 0. The van der Waals surface area contributed by atoms with Gasteiger partial charge in [-0.25, -0.2) is 0 Å². The normalized spacial score (nSPS) is 12.0. The second-order valence-corrected chi connectivity index (χ2v) is 4.95. The van der Waals surface area contributed by atoms with Crippen LogP contribution in [0.3, 0.4) is 0 Å². The van der Waals surface area contributed by atoms with Gasteiger partial charge in [0.1, 0.15) is 24.1 Å². The second kappa shape index (κ2) is 9.23. The Morgan fingerprint density at radius 2 is 1.71 bits per heavy atom. The predicted octanol–water partition coefficient (Wildman–Crippen LogP) is 2.25. The van der Waals surface area contributed by atoms with Crippen LogP contribution in [0.2, 0.25) is 0 Å². The fourth-order valence-electron chi connectivity index (χ4n) is 1.90. The Balaban J connectivity index is 2.34. The molecule has 0 fully saturated rings. The number of esters is 1. The highest BCUT2D eigenvalue weighted by molar-refractivity contribution is 5.75. The fourth-order valence-corrected chi connectivity index (χ4v) is 1.90. The number of nitrogens with one attached hydrogen (secondary N) is 1. The zero-order chi connectivity index (χ0) is 15.7. The number of benzene rings is 1. The molecule has 0 aliphatic heterocycles. The summed E-state index contributed by atoms with van der Waals surface area (Å²) in [5, 5.41) is 3.15. The molecule has 0 saturated carbocycles. The Kier molecular flexibility index (Phi) is 7.61. The van der Waals surface area contributed by atoms with E-state index in [1.807, 2.05) is 45.0 Å². The van der Waals surface area contributed by atoms with Crippen LogP contribution < -0.4 is 14.8 Å². The summed E-state index contributed by atoms with van der Waals surface area (Å²) < 4.78 is 15.7. The molecule has 0 saturated heterocycles. The van der Waals surface area contributed by atoms with Gasteiger partial charge in [-0.1, -0.05) is 13.8 Å². The zero-order valence-corrected chi connectivity index (χ0v) is 13.2. The molecule has 5 heteroatoms. The van der Waals surface area contributed by atoms with Gasteiger partial charge in [-0.3, -0.25) is 4.79 Å². The molecule has 0 aliphatic rings. The number of rotatable bonds is 9. The van der Waals surface area contributed by atoms with Gasteiger partial charge in [0.05, 0.1) is 13.7 Å². The van der Waals surface area contributed by atoms with Crippen molar-refractivity contribution in [3.8, 4) is 11.5 Å². The number of hydrogen-bond donors (Lipinski definition) is 1. The van der Waals surface area contributed by atoms with Gasteiger partial charge in [0.25, 0.3) is 0 Å². The average Bonchev–Trinajstić information content (AvgIpc) is 2.48. The summed E-state index contributed by atoms with van der Waals surface area (Å²) in [4.78, 5) is 11.6. The van der Waals surface area contributed by atoms with Gasteiger partial charge in [0.2, 0.25) is 0 Å². The molecule has 1 rings (SSSR count). The molecule has 0 heterocycles. The Labute approximate surface area is 126 Å². The SMILES string of the molecule is CCOc1ccc(OCCNC(C(=O)OC)C(C)C)cc1. The van der Waals surface area contributed by atoms with E-state index in [1.54, 1.807) is 0 Å². The first kappa shape index (κ1) is 17.3. The van der Waals surface area contributed by atoms with Gasteiger partial charge in [0, 0.05) is 6.54 Å². The highest BCUT2D eigenvalue weighted by Gasteiger charge is 2.21. The van der Waals surface area contributed by atoms with Crippen molar-refractivity contribution in [1.82, 2.24) is 5.32 Å². The third-order valence-electron chi connectivity index (χ3n) is 2.99. The van der Waals surface area contributed by atoms with Crippen LogP contribution in [0.15, 0.2) is 24.3 Å². The third kappa shape index (κ3) is 6.04. The lowest BCUT2D eigenvalue weighted by Gasteiger charge is -2.19. The lowest BCUT2D eigenvalue weighted by Crippen LogP contribution is -2.43. The average molecular weight is 295 g/mol. The topological polar surface area (TPSA) is 56.8 Å². The highest BCUT2D eigenvalue weighted by Crippen LogP contribution is 2.17. The van der Waals surface area contributed by atoms with Crippen LogP contribution in [0.25, 0.3) is 0 Å². The third-order valence-corrected chi connectivity index (χ3v) is 2.99. The number of ether oxygens (including phenoxy) is 3. The molecule has 1 atom stereocenters. The maximum Gasteiger partial charge on any atom is 0.323 e. The van der Waals surface area contributed by atoms with Crippen molar-refractivity contribution in [3.05, 3.63) is 24.3 Å². The van der Waals surface area contributed by atoms with Gasteiger partial charge >= 0.3 is 5.97 Å². The lowest BCUT2D eigenvalue weighted by molar-refractivity contribution is -0.144. The van der Waals surface area contributed by atoms with E-state index in [2.05, 4.69) is 5.32 Å². The minimum absolute atomic E-state index is 0.169. The van der Waals surface area contributed by atoms with Gasteiger partial charge in [-0.15, -0.1) is 0 Å². The minimum atomic E-state index is -0.307. The van der Waals surface area contributed by atoms with E-state index in [0.29, 0.717) is 19.8 Å². The van der Waals surface area contributed by atoms with Crippen LogP contribution in [-0.4, -0.2) is 38.9 Å². The van der Waals surface area contributed by atoms with Crippen molar-refractivity contribution in [2.45, 2.75) is 26.8 Å². The van der Waals surface area contributed by atoms with Crippen LogP contribution in [-0.2, 0) is 9.53 Å². The van der Waals surface area contributed by atoms with Gasteiger partial charge in [-0.2, -0.15) is 0 Å². The van der Waals surface area contributed by atoms with E-state index in [4.69, 9.17) is 14.2 Å². The molecule has 1 N–H and O–H groups in total. The quantitative estimate of drug-likeness (QED) is 0.559. The van der Waals surface area contributed by atoms with Gasteiger partial charge in [-0.05, 0) is 37.1 Å². The first-order valence-corrected chi connectivity index (χ1v) is 7.25. The molecule has 1 aromatic rings. The smallest absolute Gasteiger partial charge is 0.323 e. The molecule has 21 heavy (non-hydrogen) atoms. The standard InChI is InChI=1S/C16H25NO4/c1-5-20-13-6-8-14(9-7-13)21-11-10-17-15(12(2)3)16(18)19-4/h6-9,12,15,17H,5,10-11H2,1-4H3. The van der Waals surface area contributed by atoms with Crippen molar-refractivity contribution >= 4 is 5.97 Å². The number of methoxy groups -OCH3 is 1. The van der Waals surface area contributed by atoms with E-state index in [9.17, 15) is 4.79 Å². The Morgan fingerprint density at radius 3 is 2.19 bits per heavy atom. The second-order valence-electron chi connectivity index (χ2n) is 4.95. The van der Waals surface area contributed by atoms with Crippen molar-refractivity contribution in [2.75, 3.05) is 26.9 Å². The summed E-state index contributed by atoms with van der Waals surface area (Å²) in [5.41, 5.74) is 0. The first-order chi connectivity index (χ1) is 10.1. The molecule has 0 radical (unpaired) electrons. The molecule has 0 bridgehead atoms. The summed E-state index contributed by atoms with van der Waals surface area (Å²) in [5.74, 6) is 1.53. The molecule has 1 unspecified atom stereocenters. The molecule has 1 aromatic carbocycles. The fraction of sp³-hybridized carbons (Fsp3) is 0.562. The van der Waals surface area contributed by atoms with E-state index in [0.717, 1.165) is 11.5 Å². The predicted molar refractivity (Wildman–Crippen MR) is 81.8 cm³/mol. The molecular formula is C16H25NO4. The Bertz CT molecular complexity index is 417. The van der Waals surface area contributed by atoms with Gasteiger partial charge < -0.3 is 19.5 Å². The lowest BCUT2D eigenvalue weighted by atomic mass is 10.1. The monoisotopic (exact) mass is 295 g/mol. The minimum Gasteiger partial charge on any atom is -0.494 e. The summed E-state index contributed by atoms with van der Waals surface area (Å²) in [6.45, 7) is 7.60. The highest BCUT2D eigenvalue weighted by atomic mass is 16.5. The van der Waals surface area contributed by atoms with Crippen molar-refractivity contribution in [1.29, 1.82) is 0 Å². The number of hydrogen-bond acceptors (Lipinski definition) is 5. The van der Waals surface area contributed by atoms with E-state index in [-0.39, 0.29) is 17.9 Å². The van der Waals surface area contributed by atoms with Crippen LogP contribution in [0.1, 0.15) is 20.8 Å². The van der Waals surface area contributed by atoms with E-state index >= 15 is 0 Å². The summed E-state index contributed by atoms with van der Waals surface area (Å²) in [7, 11) is 1.40. The van der Waals surface area contributed by atoms with E-state index in [1.165, 1.54) is 7.11 Å². The van der Waals surface area contributed by atoms with Crippen LogP contribution >= 0.6 is 0 Å². The molecule has 5 nitrogen and oxygen atoms in total. The van der Waals surface area contributed by atoms with Crippen LogP contribution in [0.4, 0.5) is 0 Å². The molecule has 118 valence electrons. The van der Waals surface area contributed by atoms with Crippen molar-refractivity contribution < 1.29 is 19.0 Å². The maximum absolute atomic E-state index is 11.6. The first-order valence-electron chi connectivity index (χ1n) is 7.25. The van der Waals surface area contributed by atoms with Crippen molar-refractivity contribution in [3.63, 3.8) is 0 Å². The Morgan fingerprint density at radius 1 is 1.14 bits per heavy atom. The van der Waals surface area contributed by atoms with Crippen LogP contribution in [0, 0.1) is 5.92 Å². The maximum atomic E-state index is 11.6. The van der Waals surface area contributed by atoms with Crippen molar-refractivity contribution in [2.24, 2.45) is 5.92 Å². The Hall–Kier alpha value is -1.75. The molecule has 0 aliphatic carbocycles. The number of carbonyl (C=O) groups excluding carboxylic acids is 1. The van der Waals surface area contributed by atoms with E-state index < -0.39 is 0 Å². The van der Waals surface area contributed by atoms with Gasteiger partial charge in [0.15, 0.2) is 0 Å². The summed E-state index contributed by atoms with van der Waals surface area (Å²) in [6.07, 6.45) is 0. The zero-order valence-electron chi connectivity index (χ0n) is 13.2. The molecule has 0 spiro atoms. The molecule has 0 aromatic heterocycles. The molecule has 0 amide bonds.